The SMILES string of the molecule is O=C(NC1CCN(c2cccc(Br)c2)C1=O)N1CCCCO1. The summed E-state index contributed by atoms with van der Waals surface area (Å²) in [5.41, 5.74) is 0.838. The van der Waals surface area contributed by atoms with Crippen LogP contribution in [0, 0.1) is 0 Å². The van der Waals surface area contributed by atoms with E-state index < -0.39 is 6.04 Å². The van der Waals surface area contributed by atoms with Gasteiger partial charge in [-0.3, -0.25) is 9.63 Å². The van der Waals surface area contributed by atoms with Crippen LogP contribution >= 0.6 is 15.9 Å². The zero-order valence-corrected chi connectivity index (χ0v) is 13.7. The topological polar surface area (TPSA) is 61.9 Å². The number of halogens is 1. The lowest BCUT2D eigenvalue weighted by Crippen LogP contribution is -2.49. The van der Waals surface area contributed by atoms with Crippen molar-refractivity contribution >= 4 is 33.6 Å². The van der Waals surface area contributed by atoms with Crippen LogP contribution in [0.25, 0.3) is 0 Å². The quantitative estimate of drug-likeness (QED) is 0.872. The second-order valence-corrected chi connectivity index (χ2v) is 6.32. The van der Waals surface area contributed by atoms with Gasteiger partial charge in [-0.2, -0.15) is 0 Å². The number of nitrogens with zero attached hydrogens (tertiary/aromatic N) is 2. The van der Waals surface area contributed by atoms with Gasteiger partial charge in [0.15, 0.2) is 0 Å². The molecule has 0 aliphatic carbocycles. The molecule has 0 spiro atoms. The van der Waals surface area contributed by atoms with Crippen LogP contribution in [0.15, 0.2) is 28.7 Å². The van der Waals surface area contributed by atoms with Crippen molar-refractivity contribution in [2.24, 2.45) is 0 Å². The first-order valence-corrected chi connectivity index (χ1v) is 8.22. The lowest BCUT2D eigenvalue weighted by atomic mass is 10.2. The maximum absolute atomic E-state index is 12.5. The molecule has 22 heavy (non-hydrogen) atoms. The molecule has 2 fully saturated rings. The van der Waals surface area contributed by atoms with E-state index in [1.54, 1.807) is 4.90 Å². The monoisotopic (exact) mass is 367 g/mol. The average Bonchev–Trinajstić information content (AvgIpc) is 2.89. The Morgan fingerprint density at radius 3 is 2.91 bits per heavy atom. The van der Waals surface area contributed by atoms with E-state index in [4.69, 9.17) is 4.84 Å². The van der Waals surface area contributed by atoms with Crippen molar-refractivity contribution in [2.75, 3.05) is 24.6 Å². The summed E-state index contributed by atoms with van der Waals surface area (Å²) in [6, 6.07) is 6.78. The highest BCUT2D eigenvalue weighted by molar-refractivity contribution is 9.10. The zero-order valence-electron chi connectivity index (χ0n) is 12.1. The Morgan fingerprint density at radius 2 is 2.18 bits per heavy atom. The third kappa shape index (κ3) is 3.25. The van der Waals surface area contributed by atoms with Gasteiger partial charge in [0.25, 0.3) is 0 Å². The van der Waals surface area contributed by atoms with Crippen LogP contribution in [0.2, 0.25) is 0 Å². The van der Waals surface area contributed by atoms with E-state index >= 15 is 0 Å². The summed E-state index contributed by atoms with van der Waals surface area (Å²) in [5, 5.41) is 4.09. The molecule has 118 valence electrons. The van der Waals surface area contributed by atoms with Gasteiger partial charge in [-0.1, -0.05) is 22.0 Å². The fraction of sp³-hybridized carbons (Fsp3) is 0.467. The largest absolute Gasteiger partial charge is 0.341 e. The lowest BCUT2D eigenvalue weighted by Gasteiger charge is -2.27. The summed E-state index contributed by atoms with van der Waals surface area (Å²) in [5.74, 6) is -0.0801. The van der Waals surface area contributed by atoms with Crippen LogP contribution in [0.5, 0.6) is 0 Å². The third-order valence-electron chi connectivity index (χ3n) is 3.85. The van der Waals surface area contributed by atoms with Crippen molar-refractivity contribution in [2.45, 2.75) is 25.3 Å². The third-order valence-corrected chi connectivity index (χ3v) is 4.35. The smallest absolute Gasteiger partial charge is 0.324 e. The maximum atomic E-state index is 12.5. The Labute approximate surface area is 137 Å². The molecule has 0 saturated carbocycles. The summed E-state index contributed by atoms with van der Waals surface area (Å²) in [6.45, 7) is 1.72. The Bertz CT molecular complexity index is 575. The molecule has 3 amide bonds. The first-order valence-electron chi connectivity index (χ1n) is 7.43. The van der Waals surface area contributed by atoms with Crippen molar-refractivity contribution in [1.29, 1.82) is 0 Å². The van der Waals surface area contributed by atoms with Gasteiger partial charge in [-0.25, -0.2) is 9.86 Å². The number of rotatable bonds is 2. The molecule has 2 saturated heterocycles. The van der Waals surface area contributed by atoms with Gasteiger partial charge in [-0.15, -0.1) is 0 Å². The van der Waals surface area contributed by atoms with Gasteiger partial charge in [0.05, 0.1) is 13.2 Å². The molecule has 2 aliphatic heterocycles. The molecule has 1 unspecified atom stereocenters. The fourth-order valence-corrected chi connectivity index (χ4v) is 3.08. The normalized spacial score (nSPS) is 22.0. The molecular formula is C15H18BrN3O3. The Kier molecular flexibility index (Phi) is 4.63. The van der Waals surface area contributed by atoms with Crippen molar-refractivity contribution in [1.82, 2.24) is 10.4 Å². The molecule has 6 nitrogen and oxygen atoms in total. The molecule has 0 aromatic heterocycles. The highest BCUT2D eigenvalue weighted by Crippen LogP contribution is 2.24. The molecular weight excluding hydrogens is 350 g/mol. The van der Waals surface area contributed by atoms with Gasteiger partial charge >= 0.3 is 6.03 Å². The molecule has 0 bridgehead atoms. The van der Waals surface area contributed by atoms with Crippen molar-refractivity contribution < 1.29 is 14.4 Å². The maximum Gasteiger partial charge on any atom is 0.341 e. The van der Waals surface area contributed by atoms with E-state index in [-0.39, 0.29) is 11.9 Å². The summed E-state index contributed by atoms with van der Waals surface area (Å²) in [7, 11) is 0. The number of hydrogen-bond acceptors (Lipinski definition) is 3. The number of nitrogens with one attached hydrogen (secondary N) is 1. The van der Waals surface area contributed by atoms with E-state index in [1.165, 1.54) is 5.06 Å². The predicted molar refractivity (Wildman–Crippen MR) is 85.3 cm³/mol. The number of hydroxylamine groups is 2. The van der Waals surface area contributed by atoms with Crippen LogP contribution in [0.3, 0.4) is 0 Å². The van der Waals surface area contributed by atoms with E-state index in [2.05, 4.69) is 21.2 Å². The summed E-state index contributed by atoms with van der Waals surface area (Å²) >= 11 is 3.41. The van der Waals surface area contributed by atoms with Crippen molar-refractivity contribution in [3.8, 4) is 0 Å². The molecule has 7 heteroatoms. The van der Waals surface area contributed by atoms with Gasteiger partial charge < -0.3 is 10.2 Å². The zero-order chi connectivity index (χ0) is 15.5. The minimum atomic E-state index is -0.489. The van der Waals surface area contributed by atoms with Crippen LogP contribution in [-0.4, -0.2) is 42.7 Å². The second-order valence-electron chi connectivity index (χ2n) is 5.40. The Hall–Kier alpha value is -1.60. The molecule has 1 aromatic rings. The molecule has 0 radical (unpaired) electrons. The summed E-state index contributed by atoms with van der Waals surface area (Å²) < 4.78 is 0.923. The molecule has 1 aromatic carbocycles. The number of amides is 3. The number of carbonyl (C=O) groups is 2. The average molecular weight is 368 g/mol. The number of urea groups is 1. The lowest BCUT2D eigenvalue weighted by molar-refractivity contribution is -0.140. The van der Waals surface area contributed by atoms with E-state index in [0.29, 0.717) is 26.1 Å². The fourth-order valence-electron chi connectivity index (χ4n) is 2.69. The predicted octanol–water partition coefficient (Wildman–Crippen LogP) is 2.29. The van der Waals surface area contributed by atoms with E-state index in [1.807, 2.05) is 24.3 Å². The molecule has 3 rings (SSSR count). The molecule has 1 atom stereocenters. The Balaban J connectivity index is 1.62. The minimum Gasteiger partial charge on any atom is -0.324 e. The molecule has 2 aliphatic rings. The number of carbonyl (C=O) groups excluding carboxylic acids is 2. The Morgan fingerprint density at radius 1 is 1.32 bits per heavy atom. The van der Waals surface area contributed by atoms with Crippen molar-refractivity contribution in [3.05, 3.63) is 28.7 Å². The minimum absolute atomic E-state index is 0.0801. The summed E-state index contributed by atoms with van der Waals surface area (Å²) in [4.78, 5) is 31.6. The summed E-state index contributed by atoms with van der Waals surface area (Å²) in [6.07, 6.45) is 2.49. The van der Waals surface area contributed by atoms with E-state index in [9.17, 15) is 9.59 Å². The highest BCUT2D eigenvalue weighted by Gasteiger charge is 2.35. The molecule has 2 heterocycles. The highest BCUT2D eigenvalue weighted by atomic mass is 79.9. The van der Waals surface area contributed by atoms with Gasteiger partial charge in [0.1, 0.15) is 6.04 Å². The first-order chi connectivity index (χ1) is 10.6. The van der Waals surface area contributed by atoms with Crippen LogP contribution in [0.4, 0.5) is 10.5 Å². The van der Waals surface area contributed by atoms with Gasteiger partial charge in [-0.05, 0) is 37.5 Å². The van der Waals surface area contributed by atoms with Crippen LogP contribution in [0.1, 0.15) is 19.3 Å². The van der Waals surface area contributed by atoms with Crippen LogP contribution < -0.4 is 10.2 Å². The number of benzene rings is 1. The van der Waals surface area contributed by atoms with E-state index in [0.717, 1.165) is 23.0 Å². The molecule has 1 N–H and O–H groups in total. The van der Waals surface area contributed by atoms with Gasteiger partial charge in [0, 0.05) is 16.7 Å². The van der Waals surface area contributed by atoms with Crippen LogP contribution in [-0.2, 0) is 9.63 Å². The second kappa shape index (κ2) is 6.66. The number of hydrogen-bond donors (Lipinski definition) is 1. The van der Waals surface area contributed by atoms with Crippen molar-refractivity contribution in [3.63, 3.8) is 0 Å². The standard InChI is InChI=1S/C15H18BrN3O3/c16-11-4-3-5-12(10-11)18-8-6-13(14(18)20)17-15(21)19-7-1-2-9-22-19/h3-5,10,13H,1-2,6-9H2,(H,17,21). The van der Waals surface area contributed by atoms with Gasteiger partial charge in [0.2, 0.25) is 5.91 Å². The first kappa shape index (κ1) is 15.3. The number of anilines is 1.